The third kappa shape index (κ3) is 1.91. The predicted octanol–water partition coefficient (Wildman–Crippen LogP) is 1.57. The number of hydrogen-bond acceptors (Lipinski definition) is 4. The number of carbonyl (C=O) groups excluding carboxylic acids is 2. The van der Waals surface area contributed by atoms with Crippen molar-refractivity contribution < 1.29 is 19.1 Å². The molecule has 5 nitrogen and oxygen atoms in total. The Labute approximate surface area is 117 Å². The van der Waals surface area contributed by atoms with Crippen LogP contribution in [0.1, 0.15) is 6.42 Å². The van der Waals surface area contributed by atoms with E-state index in [2.05, 4.69) is 6.58 Å². The largest absolute Gasteiger partial charge is 0.497 e. The van der Waals surface area contributed by atoms with Crippen molar-refractivity contribution in [2.45, 2.75) is 18.1 Å². The molecule has 0 N–H and O–H groups in total. The summed E-state index contributed by atoms with van der Waals surface area (Å²) < 4.78 is 10.4. The van der Waals surface area contributed by atoms with Crippen LogP contribution in [0, 0.1) is 0 Å². The number of benzene rings is 1. The van der Waals surface area contributed by atoms with Crippen molar-refractivity contribution in [3.8, 4) is 5.75 Å². The molecule has 1 heterocycles. The molecule has 0 unspecified atom stereocenters. The van der Waals surface area contributed by atoms with E-state index in [-0.39, 0.29) is 5.91 Å². The quantitative estimate of drug-likeness (QED) is 0.449. The number of amides is 1. The van der Waals surface area contributed by atoms with Crippen LogP contribution in [0.5, 0.6) is 5.75 Å². The van der Waals surface area contributed by atoms with E-state index in [1.54, 1.807) is 37.5 Å². The Balaban J connectivity index is 2.31. The molecule has 0 radical (unpaired) electrons. The van der Waals surface area contributed by atoms with Gasteiger partial charge in [-0.15, -0.1) is 6.58 Å². The summed E-state index contributed by atoms with van der Waals surface area (Å²) in [7, 11) is 3.00. The van der Waals surface area contributed by atoms with E-state index in [0.717, 1.165) is 6.29 Å². The third-order valence-corrected chi connectivity index (χ3v) is 3.63. The number of rotatable bonds is 6. The Morgan fingerprint density at radius 1 is 1.35 bits per heavy atom. The monoisotopic (exact) mass is 275 g/mol. The molecule has 1 amide bonds. The third-order valence-electron chi connectivity index (χ3n) is 3.63. The molecule has 5 heteroatoms. The van der Waals surface area contributed by atoms with Crippen LogP contribution in [0.25, 0.3) is 0 Å². The van der Waals surface area contributed by atoms with Gasteiger partial charge < -0.3 is 14.3 Å². The number of β-lactam (4-membered cyclic amide) rings is 1. The van der Waals surface area contributed by atoms with E-state index in [9.17, 15) is 9.59 Å². The smallest absolute Gasteiger partial charge is 0.262 e. The zero-order valence-corrected chi connectivity index (χ0v) is 11.5. The van der Waals surface area contributed by atoms with E-state index in [4.69, 9.17) is 9.47 Å². The molecule has 106 valence electrons. The van der Waals surface area contributed by atoms with E-state index in [1.807, 2.05) is 0 Å². The highest BCUT2D eigenvalue weighted by atomic mass is 16.5. The first-order chi connectivity index (χ1) is 9.64. The van der Waals surface area contributed by atoms with Crippen molar-refractivity contribution in [3.05, 3.63) is 36.9 Å². The maximum absolute atomic E-state index is 12.4. The molecule has 0 spiro atoms. The first-order valence-corrected chi connectivity index (χ1v) is 6.23. The van der Waals surface area contributed by atoms with Crippen molar-refractivity contribution >= 4 is 17.9 Å². The Morgan fingerprint density at radius 2 is 2.00 bits per heavy atom. The standard InChI is InChI=1S/C15H17NO4/c1-4-9-15(20-3)13(10-17)16(14(15)18)11-5-7-12(19-2)8-6-11/h4-8,10,13H,1,9H2,2-3H3/t13-,15+/m0/s1. The van der Waals surface area contributed by atoms with Gasteiger partial charge in [-0.05, 0) is 24.3 Å². The number of anilines is 1. The second kappa shape index (κ2) is 5.46. The number of hydrogen-bond donors (Lipinski definition) is 0. The second-order valence-electron chi connectivity index (χ2n) is 4.54. The van der Waals surface area contributed by atoms with E-state index < -0.39 is 11.6 Å². The van der Waals surface area contributed by atoms with Gasteiger partial charge in [0.15, 0.2) is 5.60 Å². The number of methoxy groups -OCH3 is 2. The van der Waals surface area contributed by atoms with Crippen LogP contribution in [0.2, 0.25) is 0 Å². The molecule has 0 bridgehead atoms. The lowest BCUT2D eigenvalue weighted by molar-refractivity contribution is -0.160. The summed E-state index contributed by atoms with van der Waals surface area (Å²) >= 11 is 0. The SMILES string of the molecule is C=CC[C@]1(OC)C(=O)N(c2ccc(OC)cc2)[C@H]1C=O. The van der Waals surface area contributed by atoms with E-state index in [1.165, 1.54) is 12.0 Å². The average Bonchev–Trinajstić information content (AvgIpc) is 2.49. The van der Waals surface area contributed by atoms with Gasteiger partial charge in [0.25, 0.3) is 5.91 Å². The summed E-state index contributed by atoms with van der Waals surface area (Å²) in [6.07, 6.45) is 2.63. The molecule has 1 aliphatic rings. The lowest BCUT2D eigenvalue weighted by atomic mass is 9.79. The highest BCUT2D eigenvalue weighted by Crippen LogP contribution is 2.40. The fraction of sp³-hybridized carbons (Fsp3) is 0.333. The van der Waals surface area contributed by atoms with E-state index >= 15 is 0 Å². The zero-order valence-electron chi connectivity index (χ0n) is 11.5. The fourth-order valence-electron chi connectivity index (χ4n) is 2.50. The van der Waals surface area contributed by atoms with Gasteiger partial charge >= 0.3 is 0 Å². The number of ether oxygens (including phenoxy) is 2. The minimum atomic E-state index is -1.12. The van der Waals surface area contributed by atoms with Gasteiger partial charge in [0, 0.05) is 19.2 Å². The van der Waals surface area contributed by atoms with Crippen LogP contribution in [0.3, 0.4) is 0 Å². The summed E-state index contributed by atoms with van der Waals surface area (Å²) in [6, 6.07) is 6.31. The molecular weight excluding hydrogens is 258 g/mol. The normalized spacial score (nSPS) is 25.0. The minimum Gasteiger partial charge on any atom is -0.497 e. The Hall–Kier alpha value is -2.14. The van der Waals surface area contributed by atoms with Crippen LogP contribution in [0.15, 0.2) is 36.9 Å². The molecule has 0 aromatic heterocycles. The van der Waals surface area contributed by atoms with Gasteiger partial charge in [0.05, 0.1) is 7.11 Å². The minimum absolute atomic E-state index is 0.234. The maximum atomic E-state index is 12.4. The Morgan fingerprint density at radius 3 is 2.45 bits per heavy atom. The van der Waals surface area contributed by atoms with Crippen LogP contribution < -0.4 is 9.64 Å². The summed E-state index contributed by atoms with van der Waals surface area (Å²) in [6.45, 7) is 3.62. The molecule has 0 saturated carbocycles. The molecule has 1 saturated heterocycles. The first kappa shape index (κ1) is 14.3. The molecule has 0 aliphatic carbocycles. The van der Waals surface area contributed by atoms with Crippen molar-refractivity contribution in [1.29, 1.82) is 0 Å². The Bertz CT molecular complexity index is 525. The average molecular weight is 275 g/mol. The summed E-state index contributed by atoms with van der Waals surface area (Å²) in [4.78, 5) is 25.2. The molecule has 1 fully saturated rings. The summed E-state index contributed by atoms with van der Waals surface area (Å²) in [5, 5.41) is 0. The van der Waals surface area contributed by atoms with Crippen LogP contribution in [-0.2, 0) is 14.3 Å². The van der Waals surface area contributed by atoms with E-state index in [0.29, 0.717) is 17.9 Å². The Kier molecular flexibility index (Phi) is 3.90. The van der Waals surface area contributed by atoms with Gasteiger partial charge in [-0.3, -0.25) is 9.69 Å². The molecule has 20 heavy (non-hydrogen) atoms. The van der Waals surface area contributed by atoms with Gasteiger partial charge in [-0.1, -0.05) is 6.08 Å². The molecule has 1 aromatic carbocycles. The van der Waals surface area contributed by atoms with Gasteiger partial charge in [0.2, 0.25) is 0 Å². The van der Waals surface area contributed by atoms with Crippen molar-refractivity contribution in [1.82, 2.24) is 0 Å². The van der Waals surface area contributed by atoms with Crippen LogP contribution in [0.4, 0.5) is 5.69 Å². The molecular formula is C15H17NO4. The number of carbonyl (C=O) groups is 2. The van der Waals surface area contributed by atoms with Crippen molar-refractivity contribution in [3.63, 3.8) is 0 Å². The number of aldehydes is 1. The highest BCUT2D eigenvalue weighted by Gasteiger charge is 2.61. The van der Waals surface area contributed by atoms with Gasteiger partial charge in [-0.25, -0.2) is 0 Å². The summed E-state index contributed by atoms with van der Waals surface area (Å²) in [5.41, 5.74) is -0.478. The van der Waals surface area contributed by atoms with Gasteiger partial charge in [-0.2, -0.15) is 0 Å². The second-order valence-corrected chi connectivity index (χ2v) is 4.54. The molecule has 1 aliphatic heterocycles. The van der Waals surface area contributed by atoms with Crippen LogP contribution >= 0.6 is 0 Å². The lowest BCUT2D eigenvalue weighted by Gasteiger charge is -2.52. The lowest BCUT2D eigenvalue weighted by Crippen LogP contribution is -2.75. The molecule has 2 rings (SSSR count). The number of nitrogens with zero attached hydrogens (tertiary/aromatic N) is 1. The topological polar surface area (TPSA) is 55.8 Å². The fourth-order valence-corrected chi connectivity index (χ4v) is 2.50. The molecule has 1 aromatic rings. The zero-order chi connectivity index (χ0) is 14.8. The van der Waals surface area contributed by atoms with Crippen molar-refractivity contribution in [2.75, 3.05) is 19.1 Å². The summed E-state index contributed by atoms with van der Waals surface area (Å²) in [5.74, 6) is 0.454. The molecule has 2 atom stereocenters. The predicted molar refractivity (Wildman–Crippen MR) is 74.9 cm³/mol. The highest BCUT2D eigenvalue weighted by molar-refractivity contribution is 6.13. The van der Waals surface area contributed by atoms with Gasteiger partial charge in [0.1, 0.15) is 18.1 Å². The first-order valence-electron chi connectivity index (χ1n) is 6.23. The van der Waals surface area contributed by atoms with Crippen LogP contribution in [-0.4, -0.2) is 38.1 Å². The van der Waals surface area contributed by atoms with Crippen molar-refractivity contribution in [2.24, 2.45) is 0 Å². The maximum Gasteiger partial charge on any atom is 0.262 e.